The number of carboxylic acid groups (broad SMARTS) is 1. The Hall–Kier alpha value is 1.69. The molecule has 0 aliphatic carbocycles. The Bertz CT molecular complexity index is 282. The van der Waals surface area contributed by atoms with Gasteiger partial charge in [-0.2, -0.15) is 0 Å². The summed E-state index contributed by atoms with van der Waals surface area (Å²) in [6, 6.07) is -1.25. The predicted octanol–water partition coefficient (Wildman–Crippen LogP) is -2.48. The molecule has 0 rings (SSSR count). The van der Waals surface area contributed by atoms with Gasteiger partial charge >= 0.3 is 101 Å². The monoisotopic (exact) mass is 291 g/mol. The van der Waals surface area contributed by atoms with Crippen LogP contribution in [-0.2, 0) is 18.7 Å². The molecule has 0 bridgehead atoms. The van der Waals surface area contributed by atoms with Gasteiger partial charge in [0.15, 0.2) is 0 Å². The van der Waals surface area contributed by atoms with E-state index in [4.69, 9.17) is 20.6 Å². The van der Waals surface area contributed by atoms with Gasteiger partial charge in [-0.05, 0) is 6.42 Å². The number of carboxylic acids is 1. The van der Waals surface area contributed by atoms with Gasteiger partial charge in [-0.1, -0.05) is 0 Å². The molecule has 0 aliphatic rings. The molecular weight excluding hydrogens is 279 g/mol. The number of phosphoric acid groups is 1. The van der Waals surface area contributed by atoms with Crippen LogP contribution in [0.5, 0.6) is 0 Å². The molecule has 0 spiro atoms. The molecule has 0 saturated carbocycles. The molecule has 0 aromatic heterocycles. The molecule has 0 radical (unpaired) electrons. The summed E-state index contributed by atoms with van der Waals surface area (Å²) in [4.78, 5) is 37.2. The Kier molecular flexibility index (Phi) is 15.1. The van der Waals surface area contributed by atoms with E-state index in [1.165, 1.54) is 0 Å². The minimum atomic E-state index is -4.84. The van der Waals surface area contributed by atoms with Gasteiger partial charge in [0.05, 0.1) is 0 Å². The fraction of sp³-hybridized carbons (Fsp3) is 0.600. The SMILES string of the molecule is N[C@@H](CCC(=O)OP(=O)(O)O)C(=O)O.[KH].[NaH]. The van der Waals surface area contributed by atoms with Crippen LogP contribution in [0, 0.1) is 0 Å². The van der Waals surface area contributed by atoms with Crippen LogP contribution >= 0.6 is 7.82 Å². The van der Waals surface area contributed by atoms with Gasteiger partial charge in [-0.3, -0.25) is 19.4 Å². The Morgan fingerprint density at radius 2 is 1.81 bits per heavy atom. The predicted molar refractivity (Wildman–Crippen MR) is 57.3 cm³/mol. The van der Waals surface area contributed by atoms with Crippen molar-refractivity contribution in [1.29, 1.82) is 0 Å². The summed E-state index contributed by atoms with van der Waals surface area (Å²) in [5.74, 6) is -2.48. The summed E-state index contributed by atoms with van der Waals surface area (Å²) >= 11 is 0. The van der Waals surface area contributed by atoms with Gasteiger partial charge in [0.2, 0.25) is 0 Å². The van der Waals surface area contributed by atoms with Crippen LogP contribution in [-0.4, -0.2) is 114 Å². The first-order valence-electron chi connectivity index (χ1n) is 3.48. The van der Waals surface area contributed by atoms with Crippen molar-refractivity contribution in [3.05, 3.63) is 0 Å². The fourth-order valence-corrected chi connectivity index (χ4v) is 0.932. The zero-order valence-corrected chi connectivity index (χ0v) is 7.89. The number of hydrogen-bond acceptors (Lipinski definition) is 5. The molecule has 0 amide bonds. The molecule has 0 heterocycles. The maximum atomic E-state index is 10.6. The normalized spacial score (nSPS) is 11.7. The summed E-state index contributed by atoms with van der Waals surface area (Å²) < 4.78 is 13.8. The van der Waals surface area contributed by atoms with Crippen LogP contribution in [0.15, 0.2) is 0 Å². The summed E-state index contributed by atoms with van der Waals surface area (Å²) in [5.41, 5.74) is 5.03. The van der Waals surface area contributed by atoms with E-state index in [1.807, 2.05) is 0 Å². The van der Waals surface area contributed by atoms with Gasteiger partial charge in [0.1, 0.15) is 6.04 Å². The molecule has 8 nitrogen and oxygen atoms in total. The third-order valence-corrected chi connectivity index (χ3v) is 1.64. The summed E-state index contributed by atoms with van der Waals surface area (Å²) in [5, 5.41) is 8.30. The molecule has 16 heavy (non-hydrogen) atoms. The van der Waals surface area contributed by atoms with E-state index in [2.05, 4.69) is 4.52 Å². The number of aliphatic carboxylic acids is 1. The van der Waals surface area contributed by atoms with Crippen molar-refractivity contribution < 1.29 is 33.6 Å². The van der Waals surface area contributed by atoms with Gasteiger partial charge in [-0.15, -0.1) is 0 Å². The molecule has 0 aromatic rings. The third-order valence-electron chi connectivity index (χ3n) is 1.20. The minimum absolute atomic E-state index is 0. The molecule has 0 saturated heterocycles. The van der Waals surface area contributed by atoms with Gasteiger partial charge in [0, 0.05) is 6.42 Å². The van der Waals surface area contributed by atoms with E-state index in [9.17, 15) is 14.2 Å². The Morgan fingerprint density at radius 1 is 1.38 bits per heavy atom. The van der Waals surface area contributed by atoms with E-state index in [1.54, 1.807) is 0 Å². The number of hydrogen-bond donors (Lipinski definition) is 4. The summed E-state index contributed by atoms with van der Waals surface area (Å²) in [6.45, 7) is 0. The number of nitrogens with two attached hydrogens (primary N) is 1. The first-order chi connectivity index (χ1) is 6.22. The van der Waals surface area contributed by atoms with Crippen LogP contribution in [0.1, 0.15) is 12.8 Å². The Morgan fingerprint density at radius 3 is 2.12 bits per heavy atom. The quantitative estimate of drug-likeness (QED) is 0.321. The van der Waals surface area contributed by atoms with E-state index < -0.39 is 32.2 Å². The topological polar surface area (TPSA) is 147 Å². The van der Waals surface area contributed by atoms with E-state index in [-0.39, 0.29) is 87.4 Å². The molecule has 0 fully saturated rings. The summed E-state index contributed by atoms with van der Waals surface area (Å²) in [7, 11) is -4.84. The van der Waals surface area contributed by atoms with E-state index in [0.717, 1.165) is 0 Å². The van der Waals surface area contributed by atoms with Crippen molar-refractivity contribution in [2.24, 2.45) is 5.73 Å². The first-order valence-corrected chi connectivity index (χ1v) is 5.02. The van der Waals surface area contributed by atoms with Crippen LogP contribution in [0.4, 0.5) is 0 Å². The standard InChI is InChI=1S/C5H10NO7P.K.Na.2H/c6-3(5(8)9)1-2-4(7)13-14(10,11)12;;;;/h3H,1-2,6H2,(H,8,9)(H2,10,11,12);;;;/t3-;;;;/m0..../s1. The number of carbonyl (C=O) groups excluding carboxylic acids is 1. The van der Waals surface area contributed by atoms with Crippen LogP contribution in [0.3, 0.4) is 0 Å². The number of phosphoric ester groups is 1. The zero-order chi connectivity index (χ0) is 11.4. The molecule has 0 aromatic carbocycles. The van der Waals surface area contributed by atoms with Crippen molar-refractivity contribution in [3.8, 4) is 0 Å². The van der Waals surface area contributed by atoms with Crippen LogP contribution in [0.25, 0.3) is 0 Å². The third kappa shape index (κ3) is 13.8. The van der Waals surface area contributed by atoms with Crippen molar-refractivity contribution in [2.75, 3.05) is 0 Å². The average molecular weight is 291 g/mol. The van der Waals surface area contributed by atoms with Gasteiger partial charge in [-0.25, -0.2) is 4.57 Å². The maximum absolute atomic E-state index is 10.6. The molecule has 0 unspecified atom stereocenters. The first kappa shape index (κ1) is 22.8. The van der Waals surface area contributed by atoms with Crippen molar-refractivity contribution >= 4 is 101 Å². The second kappa shape index (κ2) is 10.6. The molecule has 1 atom stereocenters. The second-order valence-electron chi connectivity index (χ2n) is 2.44. The molecular formula is C5H12KNNaO7P. The molecule has 86 valence electrons. The van der Waals surface area contributed by atoms with Gasteiger partial charge in [0.25, 0.3) is 0 Å². The zero-order valence-electron chi connectivity index (χ0n) is 6.99. The summed E-state index contributed by atoms with van der Waals surface area (Å²) in [6.07, 6.45) is -0.702. The number of carbonyl (C=O) groups is 2. The van der Waals surface area contributed by atoms with E-state index >= 15 is 0 Å². The molecule has 0 aliphatic heterocycles. The fourth-order valence-electron chi connectivity index (χ4n) is 0.575. The van der Waals surface area contributed by atoms with Crippen LogP contribution < -0.4 is 5.73 Å². The Balaban J connectivity index is -0.000000845. The molecule has 5 N–H and O–H groups in total. The van der Waals surface area contributed by atoms with Crippen molar-refractivity contribution in [3.63, 3.8) is 0 Å². The van der Waals surface area contributed by atoms with Crippen molar-refractivity contribution in [1.82, 2.24) is 0 Å². The molecule has 11 heteroatoms. The number of rotatable bonds is 5. The Labute approximate surface area is 156 Å². The van der Waals surface area contributed by atoms with Gasteiger partial charge < -0.3 is 15.4 Å². The van der Waals surface area contributed by atoms with E-state index in [0.29, 0.717) is 0 Å². The average Bonchev–Trinajstić information content (AvgIpc) is 1.96. The van der Waals surface area contributed by atoms with Crippen molar-refractivity contribution in [2.45, 2.75) is 18.9 Å². The second-order valence-corrected chi connectivity index (χ2v) is 3.60. The van der Waals surface area contributed by atoms with Crippen LogP contribution in [0.2, 0.25) is 0 Å².